The first-order valence-electron chi connectivity index (χ1n) is 4.39. The monoisotopic (exact) mass is 182 g/mol. The topological polar surface area (TPSA) is 49.4 Å². The lowest BCUT2D eigenvalue weighted by Crippen LogP contribution is -2.37. The number of carbonyl (C=O) groups excluding carboxylic acids is 2. The maximum atomic E-state index is 11.2. The first-order chi connectivity index (χ1) is 6.24. The maximum Gasteiger partial charge on any atom is 0.239 e. The quantitative estimate of drug-likeness (QED) is 0.618. The molecule has 1 fully saturated rings. The molecule has 1 rings (SSSR count). The predicted octanol–water partition coefficient (Wildman–Crippen LogP) is -0.0890. The van der Waals surface area contributed by atoms with Crippen molar-refractivity contribution < 1.29 is 9.59 Å². The van der Waals surface area contributed by atoms with Crippen LogP contribution in [0.25, 0.3) is 0 Å². The summed E-state index contributed by atoms with van der Waals surface area (Å²) in [5.74, 6) is -0.0381. The molecule has 4 heteroatoms. The van der Waals surface area contributed by atoms with E-state index < -0.39 is 0 Å². The molecule has 0 aromatic carbocycles. The number of amides is 2. The van der Waals surface area contributed by atoms with Gasteiger partial charge in [0.1, 0.15) is 0 Å². The van der Waals surface area contributed by atoms with Crippen molar-refractivity contribution in [3.05, 3.63) is 12.7 Å². The van der Waals surface area contributed by atoms with E-state index in [2.05, 4.69) is 11.9 Å². The fourth-order valence-corrected chi connectivity index (χ4v) is 1.29. The lowest BCUT2D eigenvalue weighted by Gasteiger charge is -2.14. The van der Waals surface area contributed by atoms with Gasteiger partial charge in [0.05, 0.1) is 6.54 Å². The van der Waals surface area contributed by atoms with Crippen molar-refractivity contribution in [2.24, 2.45) is 0 Å². The van der Waals surface area contributed by atoms with Crippen molar-refractivity contribution in [1.29, 1.82) is 0 Å². The van der Waals surface area contributed by atoms with Gasteiger partial charge in [-0.3, -0.25) is 9.59 Å². The molecular weight excluding hydrogens is 168 g/mol. The van der Waals surface area contributed by atoms with Crippen molar-refractivity contribution in [1.82, 2.24) is 10.2 Å². The molecule has 0 atom stereocenters. The van der Waals surface area contributed by atoms with E-state index in [1.54, 1.807) is 11.0 Å². The zero-order valence-electron chi connectivity index (χ0n) is 7.58. The highest BCUT2D eigenvalue weighted by Crippen LogP contribution is 2.08. The number of nitrogens with zero attached hydrogens (tertiary/aromatic N) is 1. The molecule has 0 aromatic rings. The molecule has 0 aromatic heterocycles. The molecule has 2 amide bonds. The summed E-state index contributed by atoms with van der Waals surface area (Å²) in [6, 6.07) is 0. The normalized spacial score (nSPS) is 16.0. The number of rotatable bonds is 4. The molecule has 0 aliphatic carbocycles. The second-order valence-electron chi connectivity index (χ2n) is 3.01. The molecule has 0 radical (unpaired) electrons. The Morgan fingerprint density at radius 1 is 1.69 bits per heavy atom. The van der Waals surface area contributed by atoms with Crippen LogP contribution in [0.1, 0.15) is 12.8 Å². The molecule has 1 aliphatic rings. The van der Waals surface area contributed by atoms with E-state index in [0.29, 0.717) is 19.5 Å². The summed E-state index contributed by atoms with van der Waals surface area (Å²) in [7, 11) is 0. The Labute approximate surface area is 77.6 Å². The molecule has 0 spiro atoms. The molecule has 0 unspecified atom stereocenters. The summed E-state index contributed by atoms with van der Waals surface area (Å²) in [5.41, 5.74) is 0. The van der Waals surface area contributed by atoms with Gasteiger partial charge < -0.3 is 10.2 Å². The molecule has 4 nitrogen and oxygen atoms in total. The summed E-state index contributed by atoms with van der Waals surface area (Å²) in [6.07, 6.45) is 3.06. The van der Waals surface area contributed by atoms with Crippen LogP contribution in [-0.4, -0.2) is 36.3 Å². The highest BCUT2D eigenvalue weighted by molar-refractivity contribution is 5.85. The zero-order valence-corrected chi connectivity index (χ0v) is 7.58. The standard InChI is InChI=1S/C9H14N2O2/c1-2-5-10-8(12)7-11-6-3-4-9(11)13/h2H,1,3-7H2,(H,10,12). The van der Waals surface area contributed by atoms with E-state index in [-0.39, 0.29) is 18.4 Å². The number of hydrogen-bond acceptors (Lipinski definition) is 2. The van der Waals surface area contributed by atoms with Gasteiger partial charge in [-0.25, -0.2) is 0 Å². The van der Waals surface area contributed by atoms with Gasteiger partial charge in [0.25, 0.3) is 0 Å². The molecule has 1 heterocycles. The Hall–Kier alpha value is -1.32. The van der Waals surface area contributed by atoms with E-state index >= 15 is 0 Å². The van der Waals surface area contributed by atoms with Gasteiger partial charge in [-0.05, 0) is 6.42 Å². The van der Waals surface area contributed by atoms with Gasteiger partial charge >= 0.3 is 0 Å². The number of nitrogens with one attached hydrogen (secondary N) is 1. The van der Waals surface area contributed by atoms with Crippen LogP contribution in [0.4, 0.5) is 0 Å². The average molecular weight is 182 g/mol. The van der Waals surface area contributed by atoms with Gasteiger partial charge in [0.15, 0.2) is 0 Å². The molecule has 1 saturated heterocycles. The fourth-order valence-electron chi connectivity index (χ4n) is 1.29. The van der Waals surface area contributed by atoms with Gasteiger partial charge in [-0.2, -0.15) is 0 Å². The highest BCUT2D eigenvalue weighted by atomic mass is 16.2. The average Bonchev–Trinajstić information content (AvgIpc) is 2.48. The molecule has 0 bridgehead atoms. The second kappa shape index (κ2) is 4.64. The van der Waals surface area contributed by atoms with Gasteiger partial charge in [-0.15, -0.1) is 6.58 Å². The first-order valence-corrected chi connectivity index (χ1v) is 4.39. The summed E-state index contributed by atoms with van der Waals surface area (Å²) >= 11 is 0. The molecule has 1 aliphatic heterocycles. The molecule has 0 saturated carbocycles. The minimum atomic E-state index is -0.116. The van der Waals surface area contributed by atoms with Crippen molar-refractivity contribution in [3.63, 3.8) is 0 Å². The van der Waals surface area contributed by atoms with Crippen molar-refractivity contribution in [2.75, 3.05) is 19.6 Å². The van der Waals surface area contributed by atoms with Crippen LogP contribution >= 0.6 is 0 Å². The summed E-state index contributed by atoms with van der Waals surface area (Å²) < 4.78 is 0. The number of likely N-dealkylation sites (tertiary alicyclic amines) is 1. The molecule has 13 heavy (non-hydrogen) atoms. The van der Waals surface area contributed by atoms with Crippen LogP contribution in [-0.2, 0) is 9.59 Å². The van der Waals surface area contributed by atoms with Crippen molar-refractivity contribution >= 4 is 11.8 Å². The molecular formula is C9H14N2O2. The second-order valence-corrected chi connectivity index (χ2v) is 3.01. The highest BCUT2D eigenvalue weighted by Gasteiger charge is 2.21. The van der Waals surface area contributed by atoms with E-state index in [1.165, 1.54) is 0 Å². The van der Waals surface area contributed by atoms with Crippen LogP contribution in [0.2, 0.25) is 0 Å². The zero-order chi connectivity index (χ0) is 9.68. The maximum absolute atomic E-state index is 11.2. The van der Waals surface area contributed by atoms with Gasteiger partial charge in [0.2, 0.25) is 11.8 Å². The van der Waals surface area contributed by atoms with Crippen LogP contribution in [0, 0.1) is 0 Å². The van der Waals surface area contributed by atoms with Crippen LogP contribution in [0.5, 0.6) is 0 Å². The van der Waals surface area contributed by atoms with E-state index in [9.17, 15) is 9.59 Å². The lowest BCUT2D eigenvalue weighted by atomic mass is 10.4. The number of hydrogen-bond donors (Lipinski definition) is 1. The van der Waals surface area contributed by atoms with E-state index in [0.717, 1.165) is 6.42 Å². The third-order valence-corrected chi connectivity index (χ3v) is 1.95. The molecule has 1 N–H and O–H groups in total. The van der Waals surface area contributed by atoms with Crippen molar-refractivity contribution in [3.8, 4) is 0 Å². The third-order valence-electron chi connectivity index (χ3n) is 1.95. The Morgan fingerprint density at radius 3 is 3.00 bits per heavy atom. The Balaban J connectivity index is 2.26. The smallest absolute Gasteiger partial charge is 0.239 e. The molecule has 72 valence electrons. The fraction of sp³-hybridized carbons (Fsp3) is 0.556. The summed E-state index contributed by atoms with van der Waals surface area (Å²) in [5, 5.41) is 2.63. The van der Waals surface area contributed by atoms with Crippen LogP contribution in [0.15, 0.2) is 12.7 Å². The number of carbonyl (C=O) groups is 2. The van der Waals surface area contributed by atoms with Crippen LogP contribution in [0.3, 0.4) is 0 Å². The van der Waals surface area contributed by atoms with E-state index in [1.807, 2.05) is 0 Å². The predicted molar refractivity (Wildman–Crippen MR) is 49.0 cm³/mol. The Kier molecular flexibility index (Phi) is 3.49. The van der Waals surface area contributed by atoms with E-state index in [4.69, 9.17) is 0 Å². The lowest BCUT2D eigenvalue weighted by molar-refractivity contribution is -0.132. The van der Waals surface area contributed by atoms with Gasteiger partial charge in [0, 0.05) is 19.5 Å². The Bertz CT molecular complexity index is 226. The van der Waals surface area contributed by atoms with Crippen LogP contribution < -0.4 is 5.32 Å². The summed E-state index contributed by atoms with van der Waals surface area (Å²) in [4.78, 5) is 23.8. The largest absolute Gasteiger partial charge is 0.351 e. The Morgan fingerprint density at radius 2 is 2.46 bits per heavy atom. The SMILES string of the molecule is C=CCNC(=O)CN1CCCC1=O. The van der Waals surface area contributed by atoms with Gasteiger partial charge in [-0.1, -0.05) is 6.08 Å². The third kappa shape index (κ3) is 2.89. The summed E-state index contributed by atoms with van der Waals surface area (Å²) in [6.45, 7) is 4.84. The first kappa shape index (κ1) is 9.77. The minimum Gasteiger partial charge on any atom is -0.351 e. The minimum absolute atomic E-state index is 0.0775. The van der Waals surface area contributed by atoms with Crippen molar-refractivity contribution in [2.45, 2.75) is 12.8 Å².